The minimum absolute atomic E-state index is 0.0271. The van der Waals surface area contributed by atoms with Gasteiger partial charge >= 0.3 is 0 Å². The summed E-state index contributed by atoms with van der Waals surface area (Å²) in [5.74, 6) is -2.64. The minimum Gasteiger partial charge on any atom is -0.380 e. The van der Waals surface area contributed by atoms with Crippen molar-refractivity contribution in [1.82, 2.24) is 4.90 Å². The molecule has 3 aliphatic rings. The summed E-state index contributed by atoms with van der Waals surface area (Å²) >= 11 is 0. The van der Waals surface area contributed by atoms with E-state index in [4.69, 9.17) is 15.2 Å². The first-order valence-electron chi connectivity index (χ1n) is 12.3. The Kier molecular flexibility index (Phi) is 7.20. The number of rotatable bonds is 5. The number of aryl methyl sites for hydroxylation is 1. The minimum atomic E-state index is -1.78. The summed E-state index contributed by atoms with van der Waals surface area (Å²) in [6.07, 6.45) is -1.60. The van der Waals surface area contributed by atoms with Crippen LogP contribution in [0.2, 0.25) is 0 Å². The predicted molar refractivity (Wildman–Crippen MR) is 132 cm³/mol. The number of hydrogen-bond acceptors (Lipinski definition) is 7. The smallest absolute Gasteiger partial charge is 0.259 e. The highest BCUT2D eigenvalue weighted by Gasteiger charge is 2.40. The second-order valence-electron chi connectivity index (χ2n) is 9.34. The van der Waals surface area contributed by atoms with Crippen molar-refractivity contribution in [2.75, 3.05) is 49.7 Å². The van der Waals surface area contributed by atoms with Gasteiger partial charge in [-0.2, -0.15) is 0 Å². The normalized spacial score (nSPS) is 22.5. The molecule has 0 radical (unpaired) electrons. The summed E-state index contributed by atoms with van der Waals surface area (Å²) < 4.78 is 25.3. The molecule has 2 aliphatic heterocycles. The fraction of sp³-hybridized carbons (Fsp3) is 0.423. The Labute approximate surface area is 213 Å². The molecule has 0 saturated carbocycles. The zero-order chi connectivity index (χ0) is 26.1. The maximum atomic E-state index is 14.6. The van der Waals surface area contributed by atoms with Gasteiger partial charge in [0.15, 0.2) is 12.2 Å². The quantitative estimate of drug-likeness (QED) is 0.544. The maximum Gasteiger partial charge on any atom is 0.259 e. The van der Waals surface area contributed by atoms with Crippen molar-refractivity contribution in [2.45, 2.75) is 31.1 Å². The predicted octanol–water partition coefficient (Wildman–Crippen LogP) is 0.976. The van der Waals surface area contributed by atoms with E-state index >= 15 is 0 Å². The second kappa shape index (κ2) is 10.5. The van der Waals surface area contributed by atoms with Crippen LogP contribution in [0, 0.1) is 5.82 Å². The molecule has 2 heterocycles. The molecule has 5 rings (SSSR count). The Bertz CT molecular complexity index is 1220. The lowest BCUT2D eigenvalue weighted by molar-refractivity contribution is -0.150. The van der Waals surface area contributed by atoms with Gasteiger partial charge < -0.3 is 35.4 Å². The monoisotopic (exact) mass is 512 g/mol. The average molecular weight is 513 g/mol. The number of morpholine rings is 2. The van der Waals surface area contributed by atoms with Gasteiger partial charge in [-0.25, -0.2) is 4.39 Å². The van der Waals surface area contributed by atoms with Gasteiger partial charge in [-0.3, -0.25) is 14.4 Å². The van der Waals surface area contributed by atoms with Crippen LogP contribution < -0.4 is 16.0 Å². The van der Waals surface area contributed by atoms with Crippen LogP contribution in [-0.2, 0) is 25.5 Å². The van der Waals surface area contributed by atoms with Crippen LogP contribution >= 0.6 is 0 Å². The molecule has 11 heteroatoms. The summed E-state index contributed by atoms with van der Waals surface area (Å²) in [5, 5.41) is 13.3. The Morgan fingerprint density at radius 1 is 1.11 bits per heavy atom. The van der Waals surface area contributed by atoms with Crippen LogP contribution in [0.5, 0.6) is 0 Å². The molecule has 2 aromatic rings. The van der Waals surface area contributed by atoms with E-state index in [2.05, 4.69) is 5.32 Å². The number of ether oxygens (including phenoxy) is 2. The molecule has 3 atom stereocenters. The first kappa shape index (κ1) is 25.3. The van der Waals surface area contributed by atoms with Crippen LogP contribution in [0.25, 0.3) is 0 Å². The van der Waals surface area contributed by atoms with Crippen molar-refractivity contribution in [2.24, 2.45) is 5.73 Å². The molecule has 2 aromatic carbocycles. The van der Waals surface area contributed by atoms with E-state index in [1.165, 1.54) is 21.9 Å². The molecule has 37 heavy (non-hydrogen) atoms. The molecule has 4 N–H and O–H groups in total. The number of carbonyl (C=O) groups is 3. The lowest BCUT2D eigenvalue weighted by atomic mass is 10.1. The number of nitrogens with two attached hydrogens (primary N) is 1. The molecule has 10 nitrogen and oxygen atoms in total. The standard InChI is InChI=1S/C26H29FN4O6/c27-20-5-3-17(14-19(20)25(34)30-7-10-36-11-8-30)31-9-12-37-23(26(31)35)22(32)24(33)29-16-2-4-18-15(13-16)1-6-21(18)28/h2-5,13-14,21-23,32H,1,6-12,28H2,(H,29,33)/t21-,22?,23?/m0/s1. The number of aliphatic hydroxyl groups is 1. The van der Waals surface area contributed by atoms with Crippen LogP contribution in [0.15, 0.2) is 36.4 Å². The van der Waals surface area contributed by atoms with E-state index in [1.807, 2.05) is 12.1 Å². The molecule has 2 saturated heterocycles. The zero-order valence-electron chi connectivity index (χ0n) is 20.2. The molecule has 0 spiro atoms. The number of carbonyl (C=O) groups excluding carboxylic acids is 3. The van der Waals surface area contributed by atoms with Gasteiger partial charge in [-0.05, 0) is 54.3 Å². The van der Waals surface area contributed by atoms with Crippen molar-refractivity contribution in [1.29, 1.82) is 0 Å². The van der Waals surface area contributed by atoms with Crippen molar-refractivity contribution in [3.05, 3.63) is 58.9 Å². The summed E-state index contributed by atoms with van der Waals surface area (Å²) in [4.78, 5) is 41.7. The SMILES string of the molecule is N[C@H]1CCc2cc(NC(=O)C(O)C3OCCN(c4ccc(F)c(C(=O)N5CCOCC5)c4)C3=O)ccc21. The molecule has 2 unspecified atom stereocenters. The molecular formula is C26H29FN4O6. The van der Waals surface area contributed by atoms with Crippen molar-refractivity contribution in [3.8, 4) is 0 Å². The van der Waals surface area contributed by atoms with Gasteiger partial charge in [0.1, 0.15) is 5.82 Å². The maximum absolute atomic E-state index is 14.6. The van der Waals surface area contributed by atoms with E-state index < -0.39 is 35.7 Å². The molecule has 0 aromatic heterocycles. The molecular weight excluding hydrogens is 483 g/mol. The van der Waals surface area contributed by atoms with Gasteiger partial charge in [-0.15, -0.1) is 0 Å². The van der Waals surface area contributed by atoms with E-state index in [9.17, 15) is 23.9 Å². The first-order valence-corrected chi connectivity index (χ1v) is 12.3. The van der Waals surface area contributed by atoms with Crippen molar-refractivity contribution < 1.29 is 33.4 Å². The number of benzene rings is 2. The second-order valence-corrected chi connectivity index (χ2v) is 9.34. The van der Waals surface area contributed by atoms with Crippen molar-refractivity contribution in [3.63, 3.8) is 0 Å². The summed E-state index contributed by atoms with van der Waals surface area (Å²) in [6.45, 7) is 1.59. The van der Waals surface area contributed by atoms with Crippen LogP contribution in [0.3, 0.4) is 0 Å². The number of nitrogens with zero attached hydrogens (tertiary/aromatic N) is 2. The third-order valence-corrected chi connectivity index (χ3v) is 7.00. The van der Waals surface area contributed by atoms with Gasteiger partial charge in [0.2, 0.25) is 0 Å². The Balaban J connectivity index is 1.29. The van der Waals surface area contributed by atoms with Gasteiger partial charge in [0.05, 0.1) is 25.4 Å². The van der Waals surface area contributed by atoms with Crippen molar-refractivity contribution >= 4 is 29.1 Å². The van der Waals surface area contributed by atoms with Crippen LogP contribution in [-0.4, -0.2) is 79.4 Å². The van der Waals surface area contributed by atoms with E-state index in [0.717, 1.165) is 30.0 Å². The van der Waals surface area contributed by atoms with E-state index in [-0.39, 0.29) is 30.4 Å². The summed E-state index contributed by atoms with van der Waals surface area (Å²) in [5.41, 5.74) is 8.73. The fourth-order valence-electron chi connectivity index (χ4n) is 4.95. The largest absolute Gasteiger partial charge is 0.380 e. The number of anilines is 2. The number of hydrogen-bond donors (Lipinski definition) is 3. The molecule has 0 bridgehead atoms. The zero-order valence-corrected chi connectivity index (χ0v) is 20.2. The van der Waals surface area contributed by atoms with Gasteiger partial charge in [0.25, 0.3) is 17.7 Å². The fourth-order valence-corrected chi connectivity index (χ4v) is 4.95. The Morgan fingerprint density at radius 3 is 2.68 bits per heavy atom. The van der Waals surface area contributed by atoms with Crippen LogP contribution in [0.4, 0.5) is 15.8 Å². The number of aliphatic hydroxyl groups excluding tert-OH is 1. The van der Waals surface area contributed by atoms with Crippen LogP contribution in [0.1, 0.15) is 33.9 Å². The highest BCUT2D eigenvalue weighted by Crippen LogP contribution is 2.31. The Hall–Kier alpha value is -3.38. The highest BCUT2D eigenvalue weighted by molar-refractivity contribution is 6.04. The van der Waals surface area contributed by atoms with Gasteiger partial charge in [-0.1, -0.05) is 6.07 Å². The number of nitrogens with one attached hydrogen (secondary N) is 1. The summed E-state index contributed by atoms with van der Waals surface area (Å²) in [6, 6.07) is 9.17. The third kappa shape index (κ3) is 5.08. The Morgan fingerprint density at radius 2 is 1.89 bits per heavy atom. The number of fused-ring (bicyclic) bond motifs is 1. The van der Waals surface area contributed by atoms with E-state index in [0.29, 0.717) is 32.0 Å². The number of amides is 3. The molecule has 196 valence electrons. The molecule has 2 fully saturated rings. The third-order valence-electron chi connectivity index (χ3n) is 7.00. The lowest BCUT2D eigenvalue weighted by Crippen LogP contribution is -2.55. The lowest BCUT2D eigenvalue weighted by Gasteiger charge is -2.34. The van der Waals surface area contributed by atoms with E-state index in [1.54, 1.807) is 6.07 Å². The molecule has 3 amide bonds. The highest BCUT2D eigenvalue weighted by atomic mass is 19.1. The first-order chi connectivity index (χ1) is 17.8. The average Bonchev–Trinajstić information content (AvgIpc) is 3.28. The summed E-state index contributed by atoms with van der Waals surface area (Å²) in [7, 11) is 0. The number of halogens is 1. The van der Waals surface area contributed by atoms with Gasteiger partial charge in [0, 0.05) is 37.1 Å². The molecule has 1 aliphatic carbocycles. The topological polar surface area (TPSA) is 134 Å².